The molecule has 92 valence electrons. The van der Waals surface area contributed by atoms with Crippen molar-refractivity contribution in [3.8, 4) is 0 Å². The molecule has 1 aliphatic rings. The minimum absolute atomic E-state index is 0.109. The molecule has 0 saturated heterocycles. The van der Waals surface area contributed by atoms with Crippen LogP contribution in [0.5, 0.6) is 0 Å². The van der Waals surface area contributed by atoms with Crippen molar-refractivity contribution in [3.05, 3.63) is 34.9 Å². The van der Waals surface area contributed by atoms with Gasteiger partial charge in [-0.15, -0.1) is 0 Å². The van der Waals surface area contributed by atoms with Gasteiger partial charge in [-0.25, -0.2) is 0 Å². The van der Waals surface area contributed by atoms with Crippen LogP contribution in [0, 0.1) is 13.8 Å². The Morgan fingerprint density at radius 2 is 2.12 bits per heavy atom. The molecule has 1 aliphatic carbocycles. The van der Waals surface area contributed by atoms with Gasteiger partial charge in [-0.3, -0.25) is 4.79 Å². The van der Waals surface area contributed by atoms with E-state index in [1.54, 1.807) is 0 Å². The second kappa shape index (κ2) is 5.32. The Bertz CT molecular complexity index is 411. The summed E-state index contributed by atoms with van der Waals surface area (Å²) in [6.07, 6.45) is 2.28. The van der Waals surface area contributed by atoms with Gasteiger partial charge in [0.05, 0.1) is 6.54 Å². The molecule has 1 aromatic carbocycles. The normalized spacial score (nSPS) is 14.7. The molecule has 0 spiro atoms. The number of nitrogens with one attached hydrogen (secondary N) is 2. The van der Waals surface area contributed by atoms with Gasteiger partial charge in [0.1, 0.15) is 0 Å². The predicted octanol–water partition coefficient (Wildman–Crippen LogP) is 1.67. The van der Waals surface area contributed by atoms with Crippen molar-refractivity contribution >= 4 is 5.91 Å². The molecule has 0 atom stereocenters. The third-order valence-electron chi connectivity index (χ3n) is 3.26. The highest BCUT2D eigenvalue weighted by molar-refractivity contribution is 5.78. The molecule has 0 heterocycles. The summed E-state index contributed by atoms with van der Waals surface area (Å²) in [5.41, 5.74) is 3.87. The monoisotopic (exact) mass is 232 g/mol. The molecular weight excluding hydrogens is 212 g/mol. The molecule has 1 fully saturated rings. The van der Waals surface area contributed by atoms with Crippen LogP contribution in [0.2, 0.25) is 0 Å². The summed E-state index contributed by atoms with van der Waals surface area (Å²) in [4.78, 5) is 11.5. The number of benzene rings is 1. The van der Waals surface area contributed by atoms with E-state index in [0.717, 1.165) is 19.4 Å². The second-order valence-corrected chi connectivity index (χ2v) is 4.80. The van der Waals surface area contributed by atoms with Crippen LogP contribution >= 0.6 is 0 Å². The van der Waals surface area contributed by atoms with Crippen LogP contribution in [0.1, 0.15) is 29.5 Å². The standard InChI is InChI=1S/C14H20N2O/c1-10-4-3-5-12(11(10)2)8-15-9-14(17)16-13-6-7-13/h3-5,13,15H,6-9H2,1-2H3,(H,16,17). The summed E-state index contributed by atoms with van der Waals surface area (Å²) in [7, 11) is 0. The molecule has 3 heteroatoms. The van der Waals surface area contributed by atoms with Gasteiger partial charge in [0.25, 0.3) is 0 Å². The Morgan fingerprint density at radius 3 is 2.82 bits per heavy atom. The van der Waals surface area contributed by atoms with Crippen molar-refractivity contribution in [2.75, 3.05) is 6.54 Å². The molecule has 3 nitrogen and oxygen atoms in total. The van der Waals surface area contributed by atoms with Crippen molar-refractivity contribution in [2.45, 2.75) is 39.3 Å². The maximum absolute atomic E-state index is 11.5. The van der Waals surface area contributed by atoms with E-state index >= 15 is 0 Å². The van der Waals surface area contributed by atoms with Crippen LogP contribution in [0.3, 0.4) is 0 Å². The van der Waals surface area contributed by atoms with E-state index < -0.39 is 0 Å². The third-order valence-corrected chi connectivity index (χ3v) is 3.26. The summed E-state index contributed by atoms with van der Waals surface area (Å²) in [5.74, 6) is 0.109. The number of hydrogen-bond acceptors (Lipinski definition) is 2. The number of carbonyl (C=O) groups is 1. The molecule has 1 aromatic rings. The van der Waals surface area contributed by atoms with Crippen LogP contribution in [-0.4, -0.2) is 18.5 Å². The lowest BCUT2D eigenvalue weighted by molar-refractivity contribution is -0.120. The highest BCUT2D eigenvalue weighted by atomic mass is 16.2. The zero-order valence-electron chi connectivity index (χ0n) is 10.5. The smallest absolute Gasteiger partial charge is 0.234 e. The number of carbonyl (C=O) groups excluding carboxylic acids is 1. The van der Waals surface area contributed by atoms with Crippen LogP contribution < -0.4 is 10.6 Å². The van der Waals surface area contributed by atoms with E-state index in [4.69, 9.17) is 0 Å². The first kappa shape index (κ1) is 12.1. The van der Waals surface area contributed by atoms with Crippen LogP contribution in [0.4, 0.5) is 0 Å². The number of amides is 1. The quantitative estimate of drug-likeness (QED) is 0.811. The molecule has 2 N–H and O–H groups in total. The first-order valence-corrected chi connectivity index (χ1v) is 6.22. The minimum Gasteiger partial charge on any atom is -0.352 e. The molecule has 2 rings (SSSR count). The largest absolute Gasteiger partial charge is 0.352 e. The lowest BCUT2D eigenvalue weighted by Gasteiger charge is -2.09. The lowest BCUT2D eigenvalue weighted by atomic mass is 10.0. The van der Waals surface area contributed by atoms with Crippen LogP contribution in [0.25, 0.3) is 0 Å². The molecule has 17 heavy (non-hydrogen) atoms. The average molecular weight is 232 g/mol. The predicted molar refractivity (Wildman–Crippen MR) is 68.8 cm³/mol. The zero-order chi connectivity index (χ0) is 12.3. The van der Waals surface area contributed by atoms with Crippen molar-refractivity contribution < 1.29 is 4.79 Å². The topological polar surface area (TPSA) is 41.1 Å². The van der Waals surface area contributed by atoms with E-state index in [1.807, 2.05) is 0 Å². The fourth-order valence-electron chi connectivity index (χ4n) is 1.82. The average Bonchev–Trinajstić information content (AvgIpc) is 3.08. The minimum atomic E-state index is 0.109. The summed E-state index contributed by atoms with van der Waals surface area (Å²) < 4.78 is 0. The number of rotatable bonds is 5. The highest BCUT2D eigenvalue weighted by Gasteiger charge is 2.22. The molecule has 0 aliphatic heterocycles. The van der Waals surface area contributed by atoms with Crippen molar-refractivity contribution in [1.82, 2.24) is 10.6 Å². The first-order valence-electron chi connectivity index (χ1n) is 6.22. The van der Waals surface area contributed by atoms with E-state index in [2.05, 4.69) is 42.7 Å². The summed E-state index contributed by atoms with van der Waals surface area (Å²) >= 11 is 0. The highest BCUT2D eigenvalue weighted by Crippen LogP contribution is 2.18. The molecule has 0 unspecified atom stereocenters. The van der Waals surface area contributed by atoms with E-state index in [0.29, 0.717) is 12.6 Å². The SMILES string of the molecule is Cc1cccc(CNCC(=O)NC2CC2)c1C. The Hall–Kier alpha value is -1.35. The Balaban J connectivity index is 1.77. The molecular formula is C14H20N2O. The van der Waals surface area contributed by atoms with Crippen molar-refractivity contribution in [1.29, 1.82) is 0 Å². The van der Waals surface area contributed by atoms with Crippen LogP contribution in [0.15, 0.2) is 18.2 Å². The Kier molecular flexibility index (Phi) is 3.79. The fourth-order valence-corrected chi connectivity index (χ4v) is 1.82. The molecule has 1 amide bonds. The molecule has 1 saturated carbocycles. The van der Waals surface area contributed by atoms with Gasteiger partial charge in [0, 0.05) is 12.6 Å². The summed E-state index contributed by atoms with van der Waals surface area (Å²) in [6.45, 7) is 5.39. The van der Waals surface area contributed by atoms with Gasteiger partial charge >= 0.3 is 0 Å². The molecule has 0 aromatic heterocycles. The first-order chi connectivity index (χ1) is 8.16. The maximum atomic E-state index is 11.5. The van der Waals surface area contributed by atoms with Crippen molar-refractivity contribution in [3.63, 3.8) is 0 Å². The van der Waals surface area contributed by atoms with Gasteiger partial charge < -0.3 is 10.6 Å². The lowest BCUT2D eigenvalue weighted by Crippen LogP contribution is -2.34. The van der Waals surface area contributed by atoms with Gasteiger partial charge in [-0.1, -0.05) is 18.2 Å². The third kappa shape index (κ3) is 3.56. The summed E-state index contributed by atoms with van der Waals surface area (Å²) in [6, 6.07) is 6.72. The van der Waals surface area contributed by atoms with Gasteiger partial charge in [-0.2, -0.15) is 0 Å². The van der Waals surface area contributed by atoms with Gasteiger partial charge in [0.15, 0.2) is 0 Å². The number of hydrogen-bond donors (Lipinski definition) is 2. The number of aryl methyl sites for hydroxylation is 1. The maximum Gasteiger partial charge on any atom is 0.234 e. The van der Waals surface area contributed by atoms with Gasteiger partial charge in [-0.05, 0) is 43.4 Å². The zero-order valence-corrected chi connectivity index (χ0v) is 10.5. The Labute approximate surface area is 103 Å². The van der Waals surface area contributed by atoms with Gasteiger partial charge in [0.2, 0.25) is 5.91 Å². The van der Waals surface area contributed by atoms with Crippen LogP contribution in [-0.2, 0) is 11.3 Å². The fraction of sp³-hybridized carbons (Fsp3) is 0.500. The molecule has 0 bridgehead atoms. The van der Waals surface area contributed by atoms with E-state index in [1.165, 1.54) is 16.7 Å². The Morgan fingerprint density at radius 1 is 1.35 bits per heavy atom. The van der Waals surface area contributed by atoms with Crippen molar-refractivity contribution in [2.24, 2.45) is 0 Å². The van der Waals surface area contributed by atoms with E-state index in [-0.39, 0.29) is 5.91 Å². The second-order valence-electron chi connectivity index (χ2n) is 4.80. The molecule has 0 radical (unpaired) electrons. The van der Waals surface area contributed by atoms with E-state index in [9.17, 15) is 4.79 Å². The summed E-state index contributed by atoms with van der Waals surface area (Å²) in [5, 5.41) is 6.16.